The lowest BCUT2D eigenvalue weighted by atomic mass is 10.1. The summed E-state index contributed by atoms with van der Waals surface area (Å²) in [6.07, 6.45) is 2.42. The first-order valence-electron chi connectivity index (χ1n) is 7.63. The second kappa shape index (κ2) is 6.50. The van der Waals surface area contributed by atoms with Gasteiger partial charge in [-0.3, -0.25) is 9.80 Å². The predicted octanol–water partition coefficient (Wildman–Crippen LogP) is -0.210. The zero-order valence-electron chi connectivity index (χ0n) is 11.7. The molecule has 2 saturated heterocycles. The van der Waals surface area contributed by atoms with Crippen LogP contribution in [0, 0.1) is 5.92 Å². The third-order valence-electron chi connectivity index (χ3n) is 4.46. The Bertz CT molecular complexity index is 280. The minimum atomic E-state index is -0.252. The molecule has 110 valence electrons. The van der Waals surface area contributed by atoms with Crippen LogP contribution in [-0.4, -0.2) is 86.2 Å². The number of ether oxygens (including phenoxy) is 2. The van der Waals surface area contributed by atoms with Crippen molar-refractivity contribution in [3.8, 4) is 0 Å². The molecule has 5 heteroatoms. The van der Waals surface area contributed by atoms with E-state index in [9.17, 15) is 5.11 Å². The Hall–Kier alpha value is -0.200. The third-order valence-corrected chi connectivity index (χ3v) is 4.46. The van der Waals surface area contributed by atoms with Gasteiger partial charge in [0.1, 0.15) is 0 Å². The molecular formula is C14H26N2O3. The molecule has 19 heavy (non-hydrogen) atoms. The van der Waals surface area contributed by atoms with Crippen LogP contribution in [-0.2, 0) is 9.47 Å². The van der Waals surface area contributed by atoms with Crippen molar-refractivity contribution in [2.24, 2.45) is 5.92 Å². The number of morpholine rings is 2. The van der Waals surface area contributed by atoms with E-state index < -0.39 is 0 Å². The van der Waals surface area contributed by atoms with Crippen LogP contribution in [0.25, 0.3) is 0 Å². The molecule has 2 atom stereocenters. The van der Waals surface area contributed by atoms with E-state index in [0.717, 1.165) is 65.1 Å². The summed E-state index contributed by atoms with van der Waals surface area (Å²) in [5, 5.41) is 10.3. The van der Waals surface area contributed by atoms with E-state index in [-0.39, 0.29) is 6.10 Å². The number of aliphatic hydroxyl groups is 1. The Balaban J connectivity index is 1.45. The zero-order chi connectivity index (χ0) is 13.1. The van der Waals surface area contributed by atoms with Crippen molar-refractivity contribution in [2.45, 2.75) is 25.0 Å². The van der Waals surface area contributed by atoms with Crippen LogP contribution in [0.4, 0.5) is 0 Å². The fraction of sp³-hybridized carbons (Fsp3) is 1.00. The minimum Gasteiger partial charge on any atom is -0.390 e. The SMILES string of the molecule is OC(CN1CCOCC1)CN1CCOCC1C1CC1. The van der Waals surface area contributed by atoms with Crippen LogP contribution in [0.3, 0.4) is 0 Å². The minimum absolute atomic E-state index is 0.252. The number of hydrogen-bond donors (Lipinski definition) is 1. The zero-order valence-corrected chi connectivity index (χ0v) is 11.7. The Kier molecular flexibility index (Phi) is 4.71. The van der Waals surface area contributed by atoms with Gasteiger partial charge in [-0.25, -0.2) is 0 Å². The highest BCUT2D eigenvalue weighted by Gasteiger charge is 2.37. The van der Waals surface area contributed by atoms with Gasteiger partial charge in [-0.15, -0.1) is 0 Å². The summed E-state index contributed by atoms with van der Waals surface area (Å²) in [7, 11) is 0. The monoisotopic (exact) mass is 270 g/mol. The normalized spacial score (nSPS) is 32.4. The first-order valence-corrected chi connectivity index (χ1v) is 7.63. The van der Waals surface area contributed by atoms with E-state index in [1.165, 1.54) is 12.8 Å². The molecule has 5 nitrogen and oxygen atoms in total. The van der Waals surface area contributed by atoms with Gasteiger partial charge in [0.15, 0.2) is 0 Å². The van der Waals surface area contributed by atoms with Crippen molar-refractivity contribution in [3.63, 3.8) is 0 Å². The highest BCUT2D eigenvalue weighted by atomic mass is 16.5. The molecule has 3 rings (SSSR count). The molecule has 0 aromatic carbocycles. The number of β-amino-alcohol motifs (C(OH)–C–C–N with tert-alkyl or cyclic N) is 1. The summed E-state index contributed by atoms with van der Waals surface area (Å²) in [5.74, 6) is 0.816. The maximum Gasteiger partial charge on any atom is 0.0793 e. The van der Waals surface area contributed by atoms with Crippen molar-refractivity contribution in [1.29, 1.82) is 0 Å². The molecule has 2 heterocycles. The van der Waals surface area contributed by atoms with Gasteiger partial charge in [0, 0.05) is 38.8 Å². The summed E-state index contributed by atoms with van der Waals surface area (Å²) < 4.78 is 10.9. The second-order valence-corrected chi connectivity index (χ2v) is 6.04. The van der Waals surface area contributed by atoms with Crippen molar-refractivity contribution < 1.29 is 14.6 Å². The van der Waals surface area contributed by atoms with Gasteiger partial charge in [0.2, 0.25) is 0 Å². The average molecular weight is 270 g/mol. The molecule has 0 radical (unpaired) electrons. The fourth-order valence-electron chi connectivity index (χ4n) is 3.21. The summed E-state index contributed by atoms with van der Waals surface area (Å²) in [6.45, 7) is 7.71. The molecule has 0 aromatic rings. The Morgan fingerprint density at radius 3 is 2.47 bits per heavy atom. The van der Waals surface area contributed by atoms with Gasteiger partial charge in [-0.05, 0) is 18.8 Å². The Morgan fingerprint density at radius 1 is 1.00 bits per heavy atom. The van der Waals surface area contributed by atoms with E-state index >= 15 is 0 Å². The topological polar surface area (TPSA) is 45.2 Å². The summed E-state index contributed by atoms with van der Waals surface area (Å²) >= 11 is 0. The quantitative estimate of drug-likeness (QED) is 0.749. The van der Waals surface area contributed by atoms with Crippen LogP contribution in [0.2, 0.25) is 0 Å². The number of nitrogens with zero attached hydrogens (tertiary/aromatic N) is 2. The highest BCUT2D eigenvalue weighted by molar-refractivity contribution is 4.90. The first kappa shape index (κ1) is 13.8. The molecule has 0 bridgehead atoms. The lowest BCUT2D eigenvalue weighted by molar-refractivity contribution is -0.0435. The molecule has 1 saturated carbocycles. The Labute approximate surface area is 115 Å². The van der Waals surface area contributed by atoms with Crippen molar-refractivity contribution in [2.75, 3.05) is 59.2 Å². The predicted molar refractivity (Wildman–Crippen MR) is 72.2 cm³/mol. The number of hydrogen-bond acceptors (Lipinski definition) is 5. The van der Waals surface area contributed by atoms with E-state index in [0.29, 0.717) is 6.04 Å². The van der Waals surface area contributed by atoms with Gasteiger partial charge < -0.3 is 14.6 Å². The van der Waals surface area contributed by atoms with Gasteiger partial charge in [0.05, 0.1) is 32.5 Å². The van der Waals surface area contributed by atoms with Gasteiger partial charge in [-0.2, -0.15) is 0 Å². The highest BCUT2D eigenvalue weighted by Crippen LogP contribution is 2.36. The van der Waals surface area contributed by atoms with Crippen LogP contribution in [0.5, 0.6) is 0 Å². The van der Waals surface area contributed by atoms with E-state index in [1.54, 1.807) is 0 Å². The second-order valence-electron chi connectivity index (χ2n) is 6.04. The van der Waals surface area contributed by atoms with Crippen LogP contribution < -0.4 is 0 Å². The van der Waals surface area contributed by atoms with E-state index in [4.69, 9.17) is 9.47 Å². The molecule has 0 spiro atoms. The van der Waals surface area contributed by atoms with Crippen molar-refractivity contribution in [1.82, 2.24) is 9.80 Å². The summed E-state index contributed by atoms with van der Waals surface area (Å²) in [6, 6.07) is 0.549. The van der Waals surface area contributed by atoms with Gasteiger partial charge >= 0.3 is 0 Å². The van der Waals surface area contributed by atoms with Crippen LogP contribution >= 0.6 is 0 Å². The molecule has 3 aliphatic rings. The molecule has 0 aromatic heterocycles. The van der Waals surface area contributed by atoms with Crippen molar-refractivity contribution in [3.05, 3.63) is 0 Å². The largest absolute Gasteiger partial charge is 0.390 e. The van der Waals surface area contributed by atoms with Crippen molar-refractivity contribution >= 4 is 0 Å². The molecule has 0 amide bonds. The molecule has 3 fully saturated rings. The molecule has 1 aliphatic carbocycles. The fourth-order valence-corrected chi connectivity index (χ4v) is 3.21. The standard InChI is InChI=1S/C14H26N2O3/c17-13(9-15-3-6-18-7-4-15)10-16-5-8-19-11-14(16)12-1-2-12/h12-14,17H,1-11H2. The van der Waals surface area contributed by atoms with Crippen LogP contribution in [0.1, 0.15) is 12.8 Å². The summed E-state index contributed by atoms with van der Waals surface area (Å²) in [4.78, 5) is 4.76. The van der Waals surface area contributed by atoms with Gasteiger partial charge in [0.25, 0.3) is 0 Å². The molecule has 1 N–H and O–H groups in total. The lowest BCUT2D eigenvalue weighted by Gasteiger charge is -2.38. The first-order chi connectivity index (χ1) is 9.33. The number of rotatable bonds is 5. The molecular weight excluding hydrogens is 244 g/mol. The Morgan fingerprint density at radius 2 is 1.74 bits per heavy atom. The van der Waals surface area contributed by atoms with E-state index in [1.807, 2.05) is 0 Å². The number of aliphatic hydroxyl groups excluding tert-OH is 1. The molecule has 2 aliphatic heterocycles. The maximum atomic E-state index is 10.3. The van der Waals surface area contributed by atoms with Crippen LogP contribution in [0.15, 0.2) is 0 Å². The van der Waals surface area contributed by atoms with Gasteiger partial charge in [-0.1, -0.05) is 0 Å². The third kappa shape index (κ3) is 3.89. The smallest absolute Gasteiger partial charge is 0.0793 e. The average Bonchev–Trinajstić information content (AvgIpc) is 3.25. The summed E-state index contributed by atoms with van der Waals surface area (Å²) in [5.41, 5.74) is 0. The molecule has 2 unspecified atom stereocenters. The van der Waals surface area contributed by atoms with E-state index in [2.05, 4.69) is 9.80 Å². The lowest BCUT2D eigenvalue weighted by Crippen LogP contribution is -2.52. The maximum absolute atomic E-state index is 10.3.